The highest BCUT2D eigenvalue weighted by molar-refractivity contribution is 7.90. The van der Waals surface area contributed by atoms with Crippen LogP contribution in [0.15, 0.2) is 24.3 Å². The Hall–Kier alpha value is -1.40. The van der Waals surface area contributed by atoms with Crippen LogP contribution in [-0.2, 0) is 31.4 Å². The van der Waals surface area contributed by atoms with E-state index in [0.29, 0.717) is 0 Å². The summed E-state index contributed by atoms with van der Waals surface area (Å²) in [6.45, 7) is 0.0846. The van der Waals surface area contributed by atoms with E-state index in [1.54, 1.807) is 0 Å². The first-order valence-corrected chi connectivity index (χ1v) is 8.75. The summed E-state index contributed by atoms with van der Waals surface area (Å²) in [6.07, 6.45) is 2.65. The molecule has 0 radical (unpaired) electrons. The Morgan fingerprint density at radius 1 is 1.43 bits per heavy atom. The van der Waals surface area contributed by atoms with E-state index in [1.165, 1.54) is 18.2 Å². The number of ether oxygens (including phenoxy) is 1. The van der Waals surface area contributed by atoms with Gasteiger partial charge in [-0.2, -0.15) is 0 Å². The third kappa shape index (κ3) is 2.58. The molecule has 5 nitrogen and oxygen atoms in total. The minimum absolute atomic E-state index is 0.0846. The van der Waals surface area contributed by atoms with Crippen LogP contribution in [-0.4, -0.2) is 33.8 Å². The number of aryl methyl sites for hydroxylation is 1. The molecule has 114 valence electrons. The van der Waals surface area contributed by atoms with Crippen molar-refractivity contribution in [3.05, 3.63) is 35.4 Å². The van der Waals surface area contributed by atoms with Crippen molar-refractivity contribution in [3.8, 4) is 0 Å². The van der Waals surface area contributed by atoms with Crippen LogP contribution in [0.4, 0.5) is 0 Å². The van der Waals surface area contributed by atoms with Crippen LogP contribution >= 0.6 is 0 Å². The number of carbonyl (C=O) groups is 1. The molecule has 1 aromatic rings. The number of hydrogen-bond acceptors (Lipinski definition) is 4. The number of methoxy groups -OCH3 is 1. The summed E-state index contributed by atoms with van der Waals surface area (Å²) >= 11 is 0. The minimum Gasteiger partial charge on any atom is -0.384 e. The quantitative estimate of drug-likeness (QED) is 0.880. The molecule has 2 aliphatic carbocycles. The van der Waals surface area contributed by atoms with Crippen molar-refractivity contribution in [1.29, 1.82) is 0 Å². The molecule has 3 rings (SSSR count). The monoisotopic (exact) mass is 309 g/mol. The van der Waals surface area contributed by atoms with E-state index in [1.807, 2.05) is 12.1 Å². The number of hydrogen-bond donors (Lipinski definition) is 1. The predicted molar refractivity (Wildman–Crippen MR) is 78.4 cm³/mol. The lowest BCUT2D eigenvalue weighted by molar-refractivity contribution is -0.121. The van der Waals surface area contributed by atoms with Gasteiger partial charge in [0.1, 0.15) is 0 Å². The predicted octanol–water partition coefficient (Wildman–Crippen LogP) is 0.983. The highest BCUT2D eigenvalue weighted by Gasteiger charge is 2.61. The van der Waals surface area contributed by atoms with Gasteiger partial charge in [0.25, 0.3) is 0 Å². The van der Waals surface area contributed by atoms with Crippen LogP contribution in [0.5, 0.6) is 0 Å². The fourth-order valence-electron chi connectivity index (χ4n) is 3.41. The Kier molecular flexibility index (Phi) is 3.53. The van der Waals surface area contributed by atoms with Gasteiger partial charge in [0, 0.05) is 18.4 Å². The molecule has 0 unspecified atom stereocenters. The fraction of sp³-hybridized carbons (Fsp3) is 0.533. The van der Waals surface area contributed by atoms with E-state index < -0.39 is 10.0 Å². The second-order valence-corrected chi connectivity index (χ2v) is 7.69. The van der Waals surface area contributed by atoms with Gasteiger partial charge in [-0.25, -0.2) is 8.42 Å². The largest absolute Gasteiger partial charge is 0.384 e. The fourth-order valence-corrected chi connectivity index (χ4v) is 4.34. The van der Waals surface area contributed by atoms with Crippen molar-refractivity contribution in [2.24, 2.45) is 5.92 Å². The smallest absolute Gasteiger partial charge is 0.237 e. The second-order valence-electron chi connectivity index (χ2n) is 5.85. The number of nitrogens with one attached hydrogen (secondary N) is 1. The van der Waals surface area contributed by atoms with Gasteiger partial charge >= 0.3 is 0 Å². The van der Waals surface area contributed by atoms with Crippen molar-refractivity contribution >= 4 is 15.9 Å². The number of sulfonamides is 1. The summed E-state index contributed by atoms with van der Waals surface area (Å²) in [6, 6.07) is 8.14. The molecule has 0 saturated heterocycles. The van der Waals surface area contributed by atoms with Gasteiger partial charge in [-0.05, 0) is 30.4 Å². The minimum atomic E-state index is -3.60. The average molecular weight is 309 g/mol. The molecule has 2 atom stereocenters. The molecule has 1 saturated carbocycles. The Bertz CT molecular complexity index is 670. The first-order chi connectivity index (χ1) is 9.98. The van der Waals surface area contributed by atoms with Gasteiger partial charge in [-0.1, -0.05) is 24.3 Å². The molecule has 1 aromatic carbocycles. The molecular formula is C15H19NO4S. The lowest BCUT2D eigenvalue weighted by Gasteiger charge is -2.12. The summed E-state index contributed by atoms with van der Waals surface area (Å²) in [4.78, 5) is 12.2. The zero-order chi connectivity index (χ0) is 15.1. The van der Waals surface area contributed by atoms with Gasteiger partial charge in [0.05, 0.1) is 12.4 Å². The van der Waals surface area contributed by atoms with E-state index in [2.05, 4.69) is 16.9 Å². The molecule has 1 spiro atoms. The summed E-state index contributed by atoms with van der Waals surface area (Å²) in [5, 5.41) is 0. The van der Waals surface area contributed by atoms with E-state index in [9.17, 15) is 13.2 Å². The zero-order valence-electron chi connectivity index (χ0n) is 12.0. The standard InChI is InChI=1S/C15H19NO4S/c1-20-8-9-21(18,19)16-14(17)13-10-15(13)7-6-11-4-2-3-5-12(11)15/h2-5,13H,6-10H2,1H3,(H,16,17)/t13-,15-/m0/s1. The third-order valence-electron chi connectivity index (χ3n) is 4.60. The van der Waals surface area contributed by atoms with Crippen molar-refractivity contribution < 1.29 is 17.9 Å². The summed E-state index contributed by atoms with van der Waals surface area (Å²) < 4.78 is 30.5. The van der Waals surface area contributed by atoms with Crippen molar-refractivity contribution in [3.63, 3.8) is 0 Å². The first-order valence-electron chi connectivity index (χ1n) is 7.10. The Morgan fingerprint density at radius 2 is 2.19 bits per heavy atom. The van der Waals surface area contributed by atoms with E-state index in [4.69, 9.17) is 4.74 Å². The van der Waals surface area contributed by atoms with Crippen LogP contribution in [0.1, 0.15) is 24.0 Å². The maximum absolute atomic E-state index is 12.2. The molecule has 0 bridgehead atoms. The number of benzene rings is 1. The van der Waals surface area contributed by atoms with Gasteiger partial charge in [-0.3, -0.25) is 9.52 Å². The Morgan fingerprint density at radius 3 is 2.95 bits per heavy atom. The number of fused-ring (bicyclic) bond motifs is 2. The van der Waals surface area contributed by atoms with Crippen molar-refractivity contribution in [2.45, 2.75) is 24.7 Å². The SMILES string of the molecule is COCCS(=O)(=O)NC(=O)[C@@H]1C[C@]12CCc1ccccc12. The Balaban J connectivity index is 1.70. The van der Waals surface area contributed by atoms with Crippen LogP contribution in [0, 0.1) is 5.92 Å². The first kappa shape index (κ1) is 14.5. The van der Waals surface area contributed by atoms with Gasteiger partial charge in [0.15, 0.2) is 0 Å². The van der Waals surface area contributed by atoms with Crippen LogP contribution in [0.2, 0.25) is 0 Å². The number of amides is 1. The summed E-state index contributed by atoms with van der Waals surface area (Å²) in [5.41, 5.74) is 2.38. The van der Waals surface area contributed by atoms with E-state index in [0.717, 1.165) is 19.3 Å². The molecule has 0 aliphatic heterocycles. The molecule has 1 fully saturated rings. The second kappa shape index (κ2) is 5.10. The highest BCUT2D eigenvalue weighted by atomic mass is 32.2. The molecule has 1 N–H and O–H groups in total. The highest BCUT2D eigenvalue weighted by Crippen LogP contribution is 2.61. The summed E-state index contributed by atoms with van der Waals surface area (Å²) in [7, 11) is -2.16. The maximum atomic E-state index is 12.2. The molecule has 1 amide bonds. The van der Waals surface area contributed by atoms with E-state index >= 15 is 0 Å². The van der Waals surface area contributed by atoms with Gasteiger partial charge in [0.2, 0.25) is 15.9 Å². The lowest BCUT2D eigenvalue weighted by Crippen LogP contribution is -2.36. The van der Waals surface area contributed by atoms with Crippen LogP contribution in [0.3, 0.4) is 0 Å². The molecule has 6 heteroatoms. The van der Waals surface area contributed by atoms with Crippen LogP contribution < -0.4 is 4.72 Å². The maximum Gasteiger partial charge on any atom is 0.237 e. The number of rotatable bonds is 5. The van der Waals surface area contributed by atoms with Gasteiger partial charge in [-0.15, -0.1) is 0 Å². The van der Waals surface area contributed by atoms with Crippen molar-refractivity contribution in [1.82, 2.24) is 4.72 Å². The van der Waals surface area contributed by atoms with Gasteiger partial charge < -0.3 is 4.74 Å². The third-order valence-corrected chi connectivity index (χ3v) is 5.81. The summed E-state index contributed by atoms with van der Waals surface area (Å²) in [5.74, 6) is -0.785. The normalized spacial score (nSPS) is 26.6. The zero-order valence-corrected chi connectivity index (χ0v) is 12.8. The Labute approximate surface area is 124 Å². The van der Waals surface area contributed by atoms with Crippen LogP contribution in [0.25, 0.3) is 0 Å². The number of carbonyl (C=O) groups excluding carboxylic acids is 1. The van der Waals surface area contributed by atoms with Crippen molar-refractivity contribution in [2.75, 3.05) is 19.5 Å². The molecular weight excluding hydrogens is 290 g/mol. The van der Waals surface area contributed by atoms with E-state index in [-0.39, 0.29) is 29.6 Å². The lowest BCUT2D eigenvalue weighted by atomic mass is 9.95. The molecule has 0 heterocycles. The molecule has 0 aromatic heterocycles. The molecule has 2 aliphatic rings. The average Bonchev–Trinajstić information content (AvgIpc) is 3.07. The topological polar surface area (TPSA) is 72.5 Å². The molecule has 21 heavy (non-hydrogen) atoms.